The largest absolute Gasteiger partial charge is 0.384 e. The number of pyridine rings is 1. The van der Waals surface area contributed by atoms with Crippen molar-refractivity contribution in [1.29, 1.82) is 0 Å². The van der Waals surface area contributed by atoms with Crippen molar-refractivity contribution in [3.63, 3.8) is 0 Å². The van der Waals surface area contributed by atoms with E-state index >= 15 is 0 Å². The van der Waals surface area contributed by atoms with Gasteiger partial charge in [-0.2, -0.15) is 0 Å². The quantitative estimate of drug-likeness (QED) is 0.913. The maximum absolute atomic E-state index is 12.2. The highest BCUT2D eigenvalue weighted by Crippen LogP contribution is 2.22. The number of anilines is 1. The number of aryl methyl sites for hydroxylation is 1. The number of hydrogen-bond donors (Lipinski definition) is 2. The fourth-order valence-electron chi connectivity index (χ4n) is 1.81. The molecule has 21 heavy (non-hydrogen) atoms. The summed E-state index contributed by atoms with van der Waals surface area (Å²) >= 11 is 1.53. The first-order valence-electron chi connectivity index (χ1n) is 6.73. The maximum Gasteiger partial charge on any atom is 0.251 e. The minimum absolute atomic E-state index is 0.156. The molecule has 5 nitrogen and oxygen atoms in total. The molecule has 0 saturated heterocycles. The highest BCUT2D eigenvalue weighted by atomic mass is 32.1. The lowest BCUT2D eigenvalue weighted by Crippen LogP contribution is -2.24. The van der Waals surface area contributed by atoms with E-state index in [-0.39, 0.29) is 11.3 Å². The summed E-state index contributed by atoms with van der Waals surface area (Å²) in [5.41, 5.74) is 7.94. The smallest absolute Gasteiger partial charge is 0.251 e. The van der Waals surface area contributed by atoms with Crippen molar-refractivity contribution in [3.05, 3.63) is 39.5 Å². The highest BCUT2D eigenvalue weighted by molar-refractivity contribution is 7.09. The maximum atomic E-state index is 12.2. The molecule has 0 unspecified atom stereocenters. The van der Waals surface area contributed by atoms with E-state index in [2.05, 4.69) is 15.3 Å². The molecule has 0 bridgehead atoms. The zero-order valence-electron chi connectivity index (χ0n) is 12.7. The van der Waals surface area contributed by atoms with Crippen molar-refractivity contribution >= 4 is 23.1 Å². The van der Waals surface area contributed by atoms with Crippen LogP contribution in [0.2, 0.25) is 0 Å². The van der Waals surface area contributed by atoms with E-state index in [4.69, 9.17) is 5.73 Å². The number of carbonyl (C=O) groups excluding carboxylic acids is 1. The van der Waals surface area contributed by atoms with Crippen molar-refractivity contribution in [3.8, 4) is 0 Å². The first kappa shape index (κ1) is 15.4. The van der Waals surface area contributed by atoms with Gasteiger partial charge in [-0.05, 0) is 19.1 Å². The molecule has 112 valence electrons. The number of nitrogens with one attached hydrogen (secondary N) is 1. The lowest BCUT2D eigenvalue weighted by Gasteiger charge is -2.19. The van der Waals surface area contributed by atoms with Crippen LogP contribution in [0, 0.1) is 6.92 Å². The van der Waals surface area contributed by atoms with Crippen LogP contribution in [0.1, 0.15) is 47.5 Å². The second kappa shape index (κ2) is 5.81. The molecule has 3 N–H and O–H groups in total. The van der Waals surface area contributed by atoms with Gasteiger partial charge < -0.3 is 11.1 Å². The summed E-state index contributed by atoms with van der Waals surface area (Å²) in [5, 5.41) is 5.71. The molecule has 2 heterocycles. The number of nitrogen functional groups attached to an aromatic ring is 1. The van der Waals surface area contributed by atoms with Gasteiger partial charge in [-0.25, -0.2) is 9.97 Å². The molecule has 0 aliphatic heterocycles. The molecule has 2 rings (SSSR count). The molecule has 0 aromatic carbocycles. The Labute approximate surface area is 128 Å². The van der Waals surface area contributed by atoms with Crippen LogP contribution in [0.4, 0.5) is 5.82 Å². The first-order chi connectivity index (χ1) is 9.75. The van der Waals surface area contributed by atoms with Gasteiger partial charge in [-0.1, -0.05) is 20.8 Å². The van der Waals surface area contributed by atoms with E-state index in [1.54, 1.807) is 12.1 Å². The van der Waals surface area contributed by atoms with Crippen LogP contribution in [-0.4, -0.2) is 15.9 Å². The highest BCUT2D eigenvalue weighted by Gasteiger charge is 2.18. The summed E-state index contributed by atoms with van der Waals surface area (Å²) in [6.07, 6.45) is 0. The van der Waals surface area contributed by atoms with Crippen LogP contribution in [0.3, 0.4) is 0 Å². The number of nitrogens with zero attached hydrogens (tertiary/aromatic N) is 2. The fourth-order valence-corrected chi connectivity index (χ4v) is 2.52. The van der Waals surface area contributed by atoms with Gasteiger partial charge in [-0.15, -0.1) is 11.3 Å². The van der Waals surface area contributed by atoms with Crippen molar-refractivity contribution in [2.45, 2.75) is 39.7 Å². The van der Waals surface area contributed by atoms with Crippen LogP contribution in [0.15, 0.2) is 17.5 Å². The van der Waals surface area contributed by atoms with Gasteiger partial charge in [0.1, 0.15) is 10.8 Å². The number of carbonyl (C=O) groups is 1. The molecule has 0 saturated carbocycles. The Morgan fingerprint density at radius 1 is 1.33 bits per heavy atom. The van der Waals surface area contributed by atoms with Gasteiger partial charge in [-0.3, -0.25) is 4.79 Å². The average molecular weight is 304 g/mol. The Morgan fingerprint density at radius 2 is 2.05 bits per heavy atom. The summed E-state index contributed by atoms with van der Waals surface area (Å²) in [6, 6.07) is 3.39. The average Bonchev–Trinajstić information content (AvgIpc) is 2.80. The fraction of sp³-hybridized carbons (Fsp3) is 0.400. The van der Waals surface area contributed by atoms with Crippen LogP contribution in [-0.2, 0) is 12.0 Å². The Kier molecular flexibility index (Phi) is 4.27. The van der Waals surface area contributed by atoms with E-state index in [9.17, 15) is 4.79 Å². The number of hydrogen-bond acceptors (Lipinski definition) is 5. The Balaban J connectivity index is 2.13. The van der Waals surface area contributed by atoms with Crippen LogP contribution in [0.5, 0.6) is 0 Å². The molecule has 2 aromatic heterocycles. The molecule has 6 heteroatoms. The Morgan fingerprint density at radius 3 is 2.62 bits per heavy atom. The van der Waals surface area contributed by atoms with Gasteiger partial charge in [0.15, 0.2) is 0 Å². The molecule has 0 atom stereocenters. The number of aromatic nitrogens is 2. The van der Waals surface area contributed by atoms with Crippen LogP contribution in [0.25, 0.3) is 0 Å². The third-order valence-electron chi connectivity index (χ3n) is 2.94. The molecule has 1 amide bonds. The predicted molar refractivity (Wildman–Crippen MR) is 85.4 cm³/mol. The van der Waals surface area contributed by atoms with Gasteiger partial charge in [0, 0.05) is 27.7 Å². The summed E-state index contributed by atoms with van der Waals surface area (Å²) < 4.78 is 0. The molecule has 0 spiro atoms. The Hall–Kier alpha value is -1.95. The zero-order chi connectivity index (χ0) is 15.6. The molecule has 0 radical (unpaired) electrons. The van der Waals surface area contributed by atoms with Crippen molar-refractivity contribution in [2.75, 3.05) is 5.73 Å². The zero-order valence-corrected chi connectivity index (χ0v) is 13.5. The third kappa shape index (κ3) is 4.01. The molecule has 0 aliphatic rings. The lowest BCUT2D eigenvalue weighted by molar-refractivity contribution is 0.0950. The summed E-state index contributed by atoms with van der Waals surface area (Å²) in [6.45, 7) is 8.46. The van der Waals surface area contributed by atoms with Crippen molar-refractivity contribution in [1.82, 2.24) is 15.3 Å². The molecule has 0 fully saturated rings. The number of rotatable bonds is 3. The van der Waals surface area contributed by atoms with E-state index in [0.717, 1.165) is 16.4 Å². The van der Waals surface area contributed by atoms with Crippen molar-refractivity contribution in [2.24, 2.45) is 0 Å². The Bertz CT molecular complexity index is 658. The predicted octanol–water partition coefficient (Wildman–Crippen LogP) is 2.66. The number of nitrogens with two attached hydrogens (primary N) is 1. The summed E-state index contributed by atoms with van der Waals surface area (Å²) in [4.78, 5) is 20.9. The third-order valence-corrected chi connectivity index (χ3v) is 3.91. The van der Waals surface area contributed by atoms with Gasteiger partial charge in [0.05, 0.1) is 6.54 Å². The topological polar surface area (TPSA) is 80.9 Å². The molecule has 0 aliphatic carbocycles. The van der Waals surface area contributed by atoms with Gasteiger partial charge >= 0.3 is 0 Å². The second-order valence-corrected chi connectivity index (χ2v) is 6.92. The first-order valence-corrected chi connectivity index (χ1v) is 7.61. The SMILES string of the molecule is Cc1csc(CNC(=O)c2cc(N)nc(C(C)(C)C)c2)n1. The normalized spacial score (nSPS) is 11.4. The molecular formula is C15H20N4OS. The summed E-state index contributed by atoms with van der Waals surface area (Å²) in [7, 11) is 0. The van der Waals surface area contributed by atoms with E-state index in [0.29, 0.717) is 17.9 Å². The van der Waals surface area contributed by atoms with Crippen LogP contribution >= 0.6 is 11.3 Å². The molecule has 2 aromatic rings. The van der Waals surface area contributed by atoms with Crippen LogP contribution < -0.4 is 11.1 Å². The lowest BCUT2D eigenvalue weighted by atomic mass is 9.90. The minimum atomic E-state index is -0.164. The standard InChI is InChI=1S/C15H20N4OS/c1-9-8-21-13(18-9)7-17-14(20)10-5-11(15(2,3)4)19-12(16)6-10/h5-6,8H,7H2,1-4H3,(H2,16,19)(H,17,20). The molecular weight excluding hydrogens is 284 g/mol. The van der Waals surface area contributed by atoms with E-state index in [1.807, 2.05) is 33.1 Å². The minimum Gasteiger partial charge on any atom is -0.384 e. The van der Waals surface area contributed by atoms with Crippen molar-refractivity contribution < 1.29 is 4.79 Å². The van der Waals surface area contributed by atoms with Gasteiger partial charge in [0.2, 0.25) is 0 Å². The number of amides is 1. The van der Waals surface area contributed by atoms with E-state index in [1.165, 1.54) is 11.3 Å². The van der Waals surface area contributed by atoms with E-state index < -0.39 is 0 Å². The monoisotopic (exact) mass is 304 g/mol. The number of thiazole rings is 1. The van der Waals surface area contributed by atoms with Gasteiger partial charge in [0.25, 0.3) is 5.91 Å². The second-order valence-electron chi connectivity index (χ2n) is 5.98. The summed E-state index contributed by atoms with van der Waals surface area (Å²) in [5.74, 6) is 0.195.